The highest BCUT2D eigenvalue weighted by molar-refractivity contribution is 6.00. The summed E-state index contributed by atoms with van der Waals surface area (Å²) >= 11 is 0. The van der Waals surface area contributed by atoms with Crippen LogP contribution in [0.1, 0.15) is 19.4 Å². The number of nitrogens with two attached hydrogens (primary N) is 1. The number of aromatic amines is 1. The van der Waals surface area contributed by atoms with Gasteiger partial charge in [-0.1, -0.05) is 0 Å². The second-order valence-corrected chi connectivity index (χ2v) is 5.38. The van der Waals surface area contributed by atoms with E-state index >= 15 is 0 Å². The van der Waals surface area contributed by atoms with E-state index in [-0.39, 0.29) is 12.0 Å². The third-order valence-corrected chi connectivity index (χ3v) is 3.38. The minimum Gasteiger partial charge on any atom is -0.481 e. The van der Waals surface area contributed by atoms with E-state index in [0.29, 0.717) is 11.7 Å². The Hall–Kier alpha value is -3.26. The fraction of sp³-hybridized carbons (Fsp3) is 0.263. The van der Waals surface area contributed by atoms with Gasteiger partial charge in [0, 0.05) is 40.5 Å². The molecule has 2 aromatic heterocycles. The maximum atomic E-state index is 8.04. The fourth-order valence-electron chi connectivity index (χ4n) is 2.34. The van der Waals surface area contributed by atoms with Gasteiger partial charge in [0.05, 0.1) is 13.2 Å². The highest BCUT2D eigenvalue weighted by Gasteiger charge is 2.12. The SMILES string of the molecule is C=N.CN.COc1ccnc(-c2c[nH]c3ccc(C(=N)OC(C)C)cc23)n1. The van der Waals surface area contributed by atoms with Gasteiger partial charge < -0.3 is 25.6 Å². The summed E-state index contributed by atoms with van der Waals surface area (Å²) in [6, 6.07) is 7.40. The van der Waals surface area contributed by atoms with Gasteiger partial charge in [0.25, 0.3) is 0 Å². The lowest BCUT2D eigenvalue weighted by Gasteiger charge is -2.10. The van der Waals surface area contributed by atoms with Gasteiger partial charge in [0.2, 0.25) is 11.8 Å². The van der Waals surface area contributed by atoms with Crippen LogP contribution in [0.2, 0.25) is 0 Å². The van der Waals surface area contributed by atoms with E-state index in [2.05, 4.69) is 27.4 Å². The third-order valence-electron chi connectivity index (χ3n) is 3.38. The van der Waals surface area contributed by atoms with Crippen molar-refractivity contribution in [2.24, 2.45) is 5.73 Å². The van der Waals surface area contributed by atoms with Crippen LogP contribution in [-0.2, 0) is 4.74 Å². The largest absolute Gasteiger partial charge is 0.481 e. The highest BCUT2D eigenvalue weighted by Crippen LogP contribution is 2.28. The van der Waals surface area contributed by atoms with Crippen molar-refractivity contribution in [3.63, 3.8) is 0 Å². The molecular formula is C19H26N6O2. The predicted molar refractivity (Wildman–Crippen MR) is 109 cm³/mol. The van der Waals surface area contributed by atoms with E-state index in [1.54, 1.807) is 19.4 Å². The molecule has 0 saturated heterocycles. The van der Waals surface area contributed by atoms with Gasteiger partial charge in [-0.2, -0.15) is 4.98 Å². The molecule has 27 heavy (non-hydrogen) atoms. The summed E-state index contributed by atoms with van der Waals surface area (Å²) in [5.74, 6) is 1.24. The first-order valence-corrected chi connectivity index (χ1v) is 8.25. The Kier molecular flexibility index (Phi) is 8.61. The number of fused-ring (bicyclic) bond motifs is 1. The molecule has 5 N–H and O–H groups in total. The number of hydrogen-bond donors (Lipinski definition) is 4. The average Bonchev–Trinajstić information content (AvgIpc) is 3.14. The summed E-state index contributed by atoms with van der Waals surface area (Å²) in [4.78, 5) is 11.9. The Morgan fingerprint density at radius 1 is 1.22 bits per heavy atom. The van der Waals surface area contributed by atoms with Crippen LogP contribution in [0.3, 0.4) is 0 Å². The number of methoxy groups -OCH3 is 1. The van der Waals surface area contributed by atoms with Gasteiger partial charge in [-0.25, -0.2) is 4.98 Å². The molecule has 0 amide bonds. The van der Waals surface area contributed by atoms with Crippen molar-refractivity contribution in [3.05, 3.63) is 42.2 Å². The molecule has 0 aliphatic carbocycles. The normalized spacial score (nSPS) is 9.70. The number of benzene rings is 1. The van der Waals surface area contributed by atoms with Crippen LogP contribution < -0.4 is 10.5 Å². The Labute approximate surface area is 158 Å². The maximum absolute atomic E-state index is 8.04. The average molecular weight is 370 g/mol. The van der Waals surface area contributed by atoms with Gasteiger partial charge in [0.15, 0.2) is 5.82 Å². The zero-order chi connectivity index (χ0) is 20.4. The van der Waals surface area contributed by atoms with Crippen molar-refractivity contribution in [1.29, 1.82) is 10.8 Å². The number of aromatic nitrogens is 3. The van der Waals surface area contributed by atoms with Crippen molar-refractivity contribution < 1.29 is 9.47 Å². The second-order valence-electron chi connectivity index (χ2n) is 5.38. The number of ether oxygens (including phenoxy) is 2. The molecule has 1 aromatic carbocycles. The third kappa shape index (κ3) is 5.35. The monoisotopic (exact) mass is 370 g/mol. The van der Waals surface area contributed by atoms with Gasteiger partial charge in [-0.3, -0.25) is 5.41 Å². The topological polar surface area (TPSA) is 134 Å². The summed E-state index contributed by atoms with van der Waals surface area (Å²) in [6.45, 7) is 6.30. The molecule has 0 atom stereocenters. The lowest BCUT2D eigenvalue weighted by atomic mass is 10.1. The standard InChI is InChI=1S/C17H18N4O2.CH5N.CH3N/c1-10(2)23-16(18)11-4-5-14-12(8-11)13(9-20-14)17-19-7-6-15(21-17)22-3;2*1-2/h4-10,18,20H,1-3H3;2H2,1H3;2H,1H2. The summed E-state index contributed by atoms with van der Waals surface area (Å²) in [5, 5.41) is 14.5. The van der Waals surface area contributed by atoms with Gasteiger partial charge in [-0.15, -0.1) is 0 Å². The lowest BCUT2D eigenvalue weighted by molar-refractivity contribution is 0.227. The summed E-state index contributed by atoms with van der Waals surface area (Å²) in [5.41, 5.74) is 7.03. The number of nitrogens with zero attached hydrogens (tertiary/aromatic N) is 2. The lowest BCUT2D eigenvalue weighted by Crippen LogP contribution is -2.11. The van der Waals surface area contributed by atoms with E-state index in [0.717, 1.165) is 22.0 Å². The van der Waals surface area contributed by atoms with Crippen molar-refractivity contribution in [2.45, 2.75) is 20.0 Å². The molecule has 0 fully saturated rings. The number of nitrogens with one attached hydrogen (secondary N) is 3. The van der Waals surface area contributed by atoms with Gasteiger partial charge in [-0.05, 0) is 45.8 Å². The van der Waals surface area contributed by atoms with E-state index in [9.17, 15) is 0 Å². The van der Waals surface area contributed by atoms with Gasteiger partial charge in [0.1, 0.15) is 0 Å². The summed E-state index contributed by atoms with van der Waals surface area (Å²) < 4.78 is 10.6. The van der Waals surface area contributed by atoms with E-state index in [1.165, 1.54) is 7.05 Å². The van der Waals surface area contributed by atoms with Crippen LogP contribution in [0.15, 0.2) is 36.7 Å². The first-order chi connectivity index (χ1) is 13.1. The number of H-pyrrole nitrogens is 1. The molecule has 0 aliphatic rings. The van der Waals surface area contributed by atoms with Crippen LogP contribution in [0.4, 0.5) is 0 Å². The zero-order valence-corrected chi connectivity index (χ0v) is 16.0. The fourth-order valence-corrected chi connectivity index (χ4v) is 2.34. The molecule has 0 aliphatic heterocycles. The Bertz CT molecular complexity index is 876. The Balaban J connectivity index is 0.000000855. The Morgan fingerprint density at radius 3 is 2.56 bits per heavy atom. The van der Waals surface area contributed by atoms with Crippen LogP contribution >= 0.6 is 0 Å². The van der Waals surface area contributed by atoms with Crippen LogP contribution in [0.25, 0.3) is 22.3 Å². The summed E-state index contributed by atoms with van der Waals surface area (Å²) in [7, 11) is 3.07. The summed E-state index contributed by atoms with van der Waals surface area (Å²) in [6.07, 6.45) is 3.48. The zero-order valence-electron chi connectivity index (χ0n) is 16.0. The molecule has 0 saturated carbocycles. The highest BCUT2D eigenvalue weighted by atomic mass is 16.5. The molecular weight excluding hydrogens is 344 g/mol. The molecule has 8 nitrogen and oxygen atoms in total. The minimum atomic E-state index is -0.0365. The first-order valence-electron chi connectivity index (χ1n) is 8.25. The van der Waals surface area contributed by atoms with Crippen molar-refractivity contribution >= 4 is 23.5 Å². The van der Waals surface area contributed by atoms with Crippen LogP contribution in [0, 0.1) is 10.8 Å². The van der Waals surface area contributed by atoms with E-state index < -0.39 is 0 Å². The molecule has 0 unspecified atom stereocenters. The van der Waals surface area contributed by atoms with E-state index in [1.807, 2.05) is 38.2 Å². The Morgan fingerprint density at radius 2 is 1.93 bits per heavy atom. The van der Waals surface area contributed by atoms with Crippen molar-refractivity contribution in [3.8, 4) is 17.3 Å². The second kappa shape index (κ2) is 10.7. The quantitative estimate of drug-likeness (QED) is 0.413. The van der Waals surface area contributed by atoms with Crippen LogP contribution in [-0.4, -0.2) is 47.8 Å². The molecule has 8 heteroatoms. The smallest absolute Gasteiger partial charge is 0.216 e. The van der Waals surface area contributed by atoms with Crippen molar-refractivity contribution in [2.75, 3.05) is 14.2 Å². The number of hydrogen-bond acceptors (Lipinski definition) is 7. The molecule has 0 spiro atoms. The number of rotatable bonds is 4. The first kappa shape index (κ1) is 21.8. The van der Waals surface area contributed by atoms with Crippen molar-refractivity contribution in [1.82, 2.24) is 15.0 Å². The molecule has 144 valence electrons. The predicted octanol–water partition coefficient (Wildman–Crippen LogP) is 3.22. The van der Waals surface area contributed by atoms with E-state index in [4.69, 9.17) is 20.3 Å². The molecule has 0 radical (unpaired) electrons. The molecule has 2 heterocycles. The molecule has 3 aromatic rings. The molecule has 3 rings (SSSR count). The minimum absolute atomic E-state index is 0.0365. The van der Waals surface area contributed by atoms with Crippen LogP contribution in [0.5, 0.6) is 5.88 Å². The van der Waals surface area contributed by atoms with Gasteiger partial charge >= 0.3 is 0 Å². The maximum Gasteiger partial charge on any atom is 0.216 e. The molecule has 0 bridgehead atoms.